The van der Waals surface area contributed by atoms with Crippen LogP contribution in [0.2, 0.25) is 0 Å². The number of aryl methyl sites for hydroxylation is 1. The van der Waals surface area contributed by atoms with Crippen molar-refractivity contribution in [3.63, 3.8) is 0 Å². The number of hydrogen-bond donors (Lipinski definition) is 0. The fourth-order valence-electron chi connectivity index (χ4n) is 0.510. The largest absolute Gasteiger partial charge is 0.253 e. The van der Waals surface area contributed by atoms with Crippen LogP contribution >= 0.6 is 0 Å². The maximum atomic E-state index is 3.87. The summed E-state index contributed by atoms with van der Waals surface area (Å²) in [6.07, 6.45) is 4.07. The molecule has 0 amide bonds. The van der Waals surface area contributed by atoms with Crippen LogP contribution < -0.4 is 0 Å². The van der Waals surface area contributed by atoms with Gasteiger partial charge >= 0.3 is 0 Å². The van der Waals surface area contributed by atoms with Gasteiger partial charge in [0.15, 0.2) is 0 Å². The smallest absolute Gasteiger partial charge is 0.137 e. The van der Waals surface area contributed by atoms with E-state index < -0.39 is 0 Å². The summed E-state index contributed by atoms with van der Waals surface area (Å²) >= 11 is 0. The molecule has 0 spiro atoms. The molecule has 0 aliphatic rings. The molecule has 1 heterocycles. The molecule has 1 aromatic heterocycles. The Morgan fingerprint density at radius 1 is 1.62 bits per heavy atom. The Balaban J connectivity index is 2.50. The minimum Gasteiger partial charge on any atom is -0.253 e. The van der Waals surface area contributed by atoms with Gasteiger partial charge < -0.3 is 0 Å². The average molecular weight is 110 g/mol. The van der Waals surface area contributed by atoms with Gasteiger partial charge in [0.25, 0.3) is 0 Å². The average Bonchev–Trinajstić information content (AvgIpc) is 2.19. The van der Waals surface area contributed by atoms with Gasteiger partial charge in [-0.25, -0.2) is 4.98 Å². The third kappa shape index (κ3) is 1.05. The summed E-state index contributed by atoms with van der Waals surface area (Å²) in [6, 6.07) is 0. The molecule has 0 aromatic carbocycles. The van der Waals surface area contributed by atoms with Crippen molar-refractivity contribution in [2.45, 2.75) is 13.0 Å². The first-order valence-corrected chi connectivity index (χ1v) is 2.55. The van der Waals surface area contributed by atoms with Crippen LogP contribution in [0.5, 0.6) is 0 Å². The molecule has 0 aliphatic carbocycles. The zero-order chi connectivity index (χ0) is 5.82. The van der Waals surface area contributed by atoms with E-state index in [2.05, 4.69) is 17.0 Å². The maximum absolute atomic E-state index is 3.87. The van der Waals surface area contributed by atoms with Crippen LogP contribution in [0, 0.1) is 6.92 Å². The molecule has 3 heteroatoms. The highest BCUT2D eigenvalue weighted by atomic mass is 15.3. The van der Waals surface area contributed by atoms with Gasteiger partial charge in [0.2, 0.25) is 0 Å². The van der Waals surface area contributed by atoms with E-state index in [4.69, 9.17) is 0 Å². The van der Waals surface area contributed by atoms with E-state index in [1.807, 2.05) is 0 Å². The molecule has 1 aromatic rings. The van der Waals surface area contributed by atoms with Gasteiger partial charge in [-0.1, -0.05) is 6.92 Å². The minimum absolute atomic E-state index is 0.861. The normalized spacial score (nSPS) is 9.62. The summed E-state index contributed by atoms with van der Waals surface area (Å²) in [5.41, 5.74) is 0. The second kappa shape index (κ2) is 2.45. The van der Waals surface area contributed by atoms with Crippen molar-refractivity contribution in [2.75, 3.05) is 0 Å². The van der Waals surface area contributed by atoms with Gasteiger partial charge in [-0.2, -0.15) is 5.10 Å². The first kappa shape index (κ1) is 5.28. The van der Waals surface area contributed by atoms with E-state index in [0.717, 1.165) is 13.0 Å². The molecule has 0 unspecified atom stereocenters. The molecule has 0 atom stereocenters. The minimum atomic E-state index is 0.861. The lowest BCUT2D eigenvalue weighted by atomic mass is 10.5. The van der Waals surface area contributed by atoms with Crippen molar-refractivity contribution in [3.8, 4) is 0 Å². The topological polar surface area (TPSA) is 30.7 Å². The quantitative estimate of drug-likeness (QED) is 0.555. The molecule has 0 bridgehead atoms. The van der Waals surface area contributed by atoms with Crippen molar-refractivity contribution in [1.82, 2.24) is 14.8 Å². The van der Waals surface area contributed by atoms with Crippen LogP contribution in [-0.2, 0) is 6.54 Å². The number of nitrogens with zero attached hydrogens (tertiary/aromatic N) is 3. The molecule has 8 heavy (non-hydrogen) atoms. The highest BCUT2D eigenvalue weighted by molar-refractivity contribution is 4.55. The second-order valence-electron chi connectivity index (χ2n) is 1.51. The predicted molar refractivity (Wildman–Crippen MR) is 30.0 cm³/mol. The van der Waals surface area contributed by atoms with Crippen LogP contribution in [0.3, 0.4) is 0 Å². The molecule has 3 nitrogen and oxygen atoms in total. The Morgan fingerprint density at radius 3 is 3.00 bits per heavy atom. The van der Waals surface area contributed by atoms with Crippen LogP contribution in [0.15, 0.2) is 12.7 Å². The summed E-state index contributed by atoms with van der Waals surface area (Å²) in [7, 11) is 0. The molecule has 0 fully saturated rings. The fourth-order valence-corrected chi connectivity index (χ4v) is 0.510. The molecule has 0 aliphatic heterocycles. The number of hydrogen-bond acceptors (Lipinski definition) is 2. The van der Waals surface area contributed by atoms with E-state index in [-0.39, 0.29) is 0 Å². The number of rotatable bonds is 2. The Bertz CT molecular complexity index is 133. The van der Waals surface area contributed by atoms with Crippen LogP contribution in [0.1, 0.15) is 6.42 Å². The summed E-state index contributed by atoms with van der Waals surface area (Å²) in [5.74, 6) is 0. The molecular formula is C5H8N3. The molecule has 1 rings (SSSR count). The Hall–Kier alpha value is -0.860. The van der Waals surface area contributed by atoms with Crippen LogP contribution in [-0.4, -0.2) is 14.8 Å². The Morgan fingerprint density at radius 2 is 2.50 bits per heavy atom. The SMILES string of the molecule is [CH2]CCn1cncn1. The third-order valence-electron chi connectivity index (χ3n) is 0.854. The standard InChI is InChI=1S/C5H8N3/c1-2-3-8-5-6-4-7-8/h4-5H,1-3H2. The van der Waals surface area contributed by atoms with Gasteiger partial charge in [-0.3, -0.25) is 4.68 Å². The van der Waals surface area contributed by atoms with Gasteiger partial charge in [0, 0.05) is 6.54 Å². The molecule has 1 radical (unpaired) electrons. The molecule has 0 saturated heterocycles. The molecule has 0 saturated carbocycles. The van der Waals surface area contributed by atoms with Crippen molar-refractivity contribution < 1.29 is 0 Å². The lowest BCUT2D eigenvalue weighted by molar-refractivity contribution is 0.621. The van der Waals surface area contributed by atoms with E-state index in [1.54, 1.807) is 11.0 Å². The van der Waals surface area contributed by atoms with Crippen LogP contribution in [0.25, 0.3) is 0 Å². The predicted octanol–water partition coefficient (Wildman–Crippen LogP) is 0.502. The highest BCUT2D eigenvalue weighted by Crippen LogP contribution is 1.81. The summed E-state index contributed by atoms with van der Waals surface area (Å²) < 4.78 is 1.76. The van der Waals surface area contributed by atoms with E-state index in [0.29, 0.717) is 0 Å². The molecule has 43 valence electrons. The molecule has 0 N–H and O–H groups in total. The van der Waals surface area contributed by atoms with Gasteiger partial charge in [-0.15, -0.1) is 0 Å². The third-order valence-corrected chi connectivity index (χ3v) is 0.854. The van der Waals surface area contributed by atoms with Crippen molar-refractivity contribution in [3.05, 3.63) is 19.6 Å². The first-order chi connectivity index (χ1) is 3.93. The fraction of sp³-hybridized carbons (Fsp3) is 0.400. The first-order valence-electron chi connectivity index (χ1n) is 2.55. The Labute approximate surface area is 48.4 Å². The molecular weight excluding hydrogens is 102 g/mol. The van der Waals surface area contributed by atoms with E-state index >= 15 is 0 Å². The zero-order valence-electron chi connectivity index (χ0n) is 4.62. The van der Waals surface area contributed by atoms with Crippen LogP contribution in [0.4, 0.5) is 0 Å². The lowest BCUT2D eigenvalue weighted by Gasteiger charge is -1.91. The zero-order valence-corrected chi connectivity index (χ0v) is 4.62. The van der Waals surface area contributed by atoms with Crippen molar-refractivity contribution in [1.29, 1.82) is 0 Å². The van der Waals surface area contributed by atoms with E-state index in [1.165, 1.54) is 6.33 Å². The second-order valence-corrected chi connectivity index (χ2v) is 1.51. The lowest BCUT2D eigenvalue weighted by Crippen LogP contribution is -1.95. The maximum Gasteiger partial charge on any atom is 0.137 e. The van der Waals surface area contributed by atoms with Gasteiger partial charge in [0.05, 0.1) is 0 Å². The van der Waals surface area contributed by atoms with Crippen molar-refractivity contribution in [2.24, 2.45) is 0 Å². The monoisotopic (exact) mass is 110 g/mol. The van der Waals surface area contributed by atoms with E-state index in [9.17, 15) is 0 Å². The van der Waals surface area contributed by atoms with Gasteiger partial charge in [-0.05, 0) is 6.42 Å². The highest BCUT2D eigenvalue weighted by Gasteiger charge is 1.83. The summed E-state index contributed by atoms with van der Waals surface area (Å²) in [4.78, 5) is 3.76. The Kier molecular flexibility index (Phi) is 1.62. The van der Waals surface area contributed by atoms with Gasteiger partial charge in [0.1, 0.15) is 12.7 Å². The summed E-state index contributed by atoms with van der Waals surface area (Å²) in [6.45, 7) is 4.53. The van der Waals surface area contributed by atoms with Crippen molar-refractivity contribution >= 4 is 0 Å². The summed E-state index contributed by atoms with van der Waals surface area (Å²) in [5, 5.41) is 3.87. The number of aromatic nitrogens is 3.